The number of rotatable bonds is 7. The molecule has 0 saturated carbocycles. The van der Waals surface area contributed by atoms with Crippen LogP contribution < -0.4 is 5.73 Å². The van der Waals surface area contributed by atoms with Crippen LogP contribution in [0.5, 0.6) is 0 Å². The summed E-state index contributed by atoms with van der Waals surface area (Å²) >= 11 is 0. The summed E-state index contributed by atoms with van der Waals surface area (Å²) in [6.07, 6.45) is 3.96. The third-order valence-electron chi connectivity index (χ3n) is 3.48. The lowest BCUT2D eigenvalue weighted by Gasteiger charge is -2.22. The van der Waals surface area contributed by atoms with E-state index in [0.717, 1.165) is 25.7 Å². The first-order valence-electron chi connectivity index (χ1n) is 6.75. The normalized spacial score (nSPS) is 14.1. The second-order valence-electron chi connectivity index (χ2n) is 5.06. The smallest absolute Gasteiger partial charge is 0.311 e. The summed E-state index contributed by atoms with van der Waals surface area (Å²) in [6, 6.07) is 3.92. The van der Waals surface area contributed by atoms with Crippen molar-refractivity contribution in [1.82, 2.24) is 0 Å². The van der Waals surface area contributed by atoms with Gasteiger partial charge in [-0.15, -0.1) is 0 Å². The quantitative estimate of drug-likeness (QED) is 0.583. The predicted molar refractivity (Wildman–Crippen MR) is 74.5 cm³/mol. The van der Waals surface area contributed by atoms with Crippen molar-refractivity contribution in [3.8, 4) is 0 Å². The number of benzene rings is 1. The van der Waals surface area contributed by atoms with Crippen LogP contribution in [0.1, 0.15) is 51.0 Å². The summed E-state index contributed by atoms with van der Waals surface area (Å²) < 4.78 is 13.3. The first kappa shape index (κ1) is 15.5. The summed E-state index contributed by atoms with van der Waals surface area (Å²) in [5, 5.41) is 9.39. The Kier molecular flexibility index (Phi) is 5.80. The zero-order valence-corrected chi connectivity index (χ0v) is 11.5. The van der Waals surface area contributed by atoms with Crippen molar-refractivity contribution in [2.75, 3.05) is 5.73 Å². The Bertz CT molecular complexity index is 434. The molecule has 0 heterocycles. The highest BCUT2D eigenvalue weighted by Crippen LogP contribution is 2.32. The van der Waals surface area contributed by atoms with E-state index in [4.69, 9.17) is 5.73 Å². The Morgan fingerprint density at radius 2 is 2.11 bits per heavy atom. The molecule has 0 bridgehead atoms. The van der Waals surface area contributed by atoms with Crippen molar-refractivity contribution in [3.63, 3.8) is 0 Å². The first-order chi connectivity index (χ1) is 8.97. The van der Waals surface area contributed by atoms with Gasteiger partial charge in [0.05, 0.1) is 5.92 Å². The predicted octanol–water partition coefficient (Wildman–Crippen LogP) is 3.79. The average molecular weight is 267 g/mol. The first-order valence-corrected chi connectivity index (χ1v) is 6.75. The molecule has 0 spiro atoms. The number of hydrogen-bond acceptors (Lipinski definition) is 2. The van der Waals surface area contributed by atoms with Crippen molar-refractivity contribution in [1.29, 1.82) is 0 Å². The van der Waals surface area contributed by atoms with E-state index >= 15 is 0 Å². The summed E-state index contributed by atoms with van der Waals surface area (Å²) in [4.78, 5) is 11.5. The highest BCUT2D eigenvalue weighted by molar-refractivity contribution is 5.79. The van der Waals surface area contributed by atoms with E-state index in [2.05, 4.69) is 6.92 Å². The van der Waals surface area contributed by atoms with Crippen molar-refractivity contribution in [2.24, 2.45) is 5.92 Å². The molecule has 3 nitrogen and oxygen atoms in total. The van der Waals surface area contributed by atoms with Gasteiger partial charge in [-0.05, 0) is 36.1 Å². The fourth-order valence-electron chi connectivity index (χ4n) is 2.38. The molecule has 0 fully saturated rings. The van der Waals surface area contributed by atoms with Crippen LogP contribution in [0.15, 0.2) is 18.2 Å². The van der Waals surface area contributed by atoms with Gasteiger partial charge in [-0.25, -0.2) is 4.39 Å². The zero-order chi connectivity index (χ0) is 14.4. The summed E-state index contributed by atoms with van der Waals surface area (Å²) in [6.45, 7) is 3.99. The van der Waals surface area contributed by atoms with Crippen molar-refractivity contribution >= 4 is 11.7 Å². The van der Waals surface area contributed by atoms with E-state index in [0.29, 0.717) is 11.3 Å². The van der Waals surface area contributed by atoms with Crippen LogP contribution in [0.2, 0.25) is 0 Å². The highest BCUT2D eigenvalue weighted by atomic mass is 19.1. The van der Waals surface area contributed by atoms with Crippen LogP contribution in [0.25, 0.3) is 0 Å². The number of nitrogens with two attached hydrogens (primary N) is 1. The number of carboxylic acids is 1. The molecule has 2 atom stereocenters. The van der Waals surface area contributed by atoms with E-state index in [1.807, 2.05) is 6.92 Å². The van der Waals surface area contributed by atoms with Crippen molar-refractivity contribution < 1.29 is 14.3 Å². The fraction of sp³-hybridized carbons (Fsp3) is 0.533. The molecule has 3 N–H and O–H groups in total. The summed E-state index contributed by atoms with van der Waals surface area (Å²) in [5.74, 6) is -2.20. The summed E-state index contributed by atoms with van der Waals surface area (Å²) in [5.41, 5.74) is 6.52. The van der Waals surface area contributed by atoms with Gasteiger partial charge >= 0.3 is 5.97 Å². The fourth-order valence-corrected chi connectivity index (χ4v) is 2.38. The third-order valence-corrected chi connectivity index (χ3v) is 3.48. The maximum atomic E-state index is 13.3. The summed E-state index contributed by atoms with van der Waals surface area (Å²) in [7, 11) is 0. The molecule has 1 rings (SSSR count). The van der Waals surface area contributed by atoms with Crippen LogP contribution >= 0.6 is 0 Å². The average Bonchev–Trinajstić information content (AvgIpc) is 2.34. The topological polar surface area (TPSA) is 63.3 Å². The standard InChI is InChI=1S/C15H22FNO2/c1-3-4-5-6-10(2)14(15(18)19)12-9-11(16)7-8-13(12)17/h7-10,14H,3-6,17H2,1-2H3,(H,18,19). The van der Waals surface area contributed by atoms with Crippen LogP contribution in [0, 0.1) is 11.7 Å². The number of aliphatic carboxylic acids is 1. The molecule has 4 heteroatoms. The molecule has 1 aromatic rings. The van der Waals surface area contributed by atoms with Crippen molar-refractivity contribution in [2.45, 2.75) is 45.4 Å². The molecule has 0 amide bonds. The van der Waals surface area contributed by atoms with Crippen LogP contribution in [-0.2, 0) is 4.79 Å². The molecule has 0 aliphatic carbocycles. The van der Waals surface area contributed by atoms with Gasteiger partial charge in [-0.2, -0.15) is 0 Å². The number of halogens is 1. The molecular weight excluding hydrogens is 245 g/mol. The molecule has 0 radical (unpaired) electrons. The van der Waals surface area contributed by atoms with Gasteiger partial charge < -0.3 is 10.8 Å². The van der Waals surface area contributed by atoms with E-state index in [-0.39, 0.29) is 5.92 Å². The van der Waals surface area contributed by atoms with Crippen LogP contribution in [0.4, 0.5) is 10.1 Å². The van der Waals surface area contributed by atoms with Gasteiger partial charge in [-0.3, -0.25) is 4.79 Å². The Hall–Kier alpha value is -1.58. The lowest BCUT2D eigenvalue weighted by atomic mass is 9.83. The minimum absolute atomic E-state index is 0.0619. The Labute approximate surface area is 113 Å². The van der Waals surface area contributed by atoms with Crippen LogP contribution in [-0.4, -0.2) is 11.1 Å². The second kappa shape index (κ2) is 7.12. The minimum Gasteiger partial charge on any atom is -0.481 e. The SMILES string of the molecule is CCCCCC(C)C(C(=O)O)c1cc(F)ccc1N. The molecule has 19 heavy (non-hydrogen) atoms. The van der Waals surface area contributed by atoms with Gasteiger partial charge in [0, 0.05) is 5.69 Å². The monoisotopic (exact) mass is 267 g/mol. The molecule has 0 aliphatic rings. The van der Waals surface area contributed by atoms with E-state index < -0.39 is 17.7 Å². The Morgan fingerprint density at radius 1 is 1.42 bits per heavy atom. The van der Waals surface area contributed by atoms with E-state index in [1.54, 1.807) is 0 Å². The van der Waals surface area contributed by atoms with Gasteiger partial charge in [0.1, 0.15) is 5.82 Å². The number of hydrogen-bond donors (Lipinski definition) is 2. The molecule has 2 unspecified atom stereocenters. The largest absolute Gasteiger partial charge is 0.481 e. The lowest BCUT2D eigenvalue weighted by molar-refractivity contribution is -0.140. The molecular formula is C15H22FNO2. The minimum atomic E-state index is -0.943. The Balaban J connectivity index is 2.93. The molecule has 0 aromatic heterocycles. The molecule has 0 aliphatic heterocycles. The molecule has 0 saturated heterocycles. The van der Waals surface area contributed by atoms with Gasteiger partial charge in [0.15, 0.2) is 0 Å². The number of carbonyl (C=O) groups is 1. The lowest BCUT2D eigenvalue weighted by Crippen LogP contribution is -2.21. The molecule has 106 valence electrons. The maximum absolute atomic E-state index is 13.3. The highest BCUT2D eigenvalue weighted by Gasteiger charge is 2.28. The number of anilines is 1. The molecule has 1 aromatic carbocycles. The van der Waals surface area contributed by atoms with E-state index in [1.165, 1.54) is 18.2 Å². The number of nitrogen functional groups attached to an aromatic ring is 1. The zero-order valence-electron chi connectivity index (χ0n) is 11.5. The number of unbranched alkanes of at least 4 members (excludes halogenated alkanes) is 2. The third kappa shape index (κ3) is 4.23. The van der Waals surface area contributed by atoms with Gasteiger partial charge in [0.2, 0.25) is 0 Å². The maximum Gasteiger partial charge on any atom is 0.311 e. The number of carboxylic acid groups (broad SMARTS) is 1. The second-order valence-corrected chi connectivity index (χ2v) is 5.06. The van der Waals surface area contributed by atoms with Gasteiger partial charge in [0.25, 0.3) is 0 Å². The Morgan fingerprint density at radius 3 is 2.68 bits per heavy atom. The van der Waals surface area contributed by atoms with Gasteiger partial charge in [-0.1, -0.05) is 33.1 Å². The van der Waals surface area contributed by atoms with Crippen LogP contribution in [0.3, 0.4) is 0 Å². The van der Waals surface area contributed by atoms with E-state index in [9.17, 15) is 14.3 Å². The van der Waals surface area contributed by atoms with Crippen molar-refractivity contribution in [3.05, 3.63) is 29.6 Å².